The molecule has 0 spiro atoms. The Kier molecular flexibility index (Phi) is 5.59. The summed E-state index contributed by atoms with van der Waals surface area (Å²) >= 11 is 17.8. The molecule has 8 heteroatoms. The van der Waals surface area contributed by atoms with Crippen LogP contribution in [0.25, 0.3) is 11.3 Å². The van der Waals surface area contributed by atoms with Gasteiger partial charge in [-0.25, -0.2) is 4.39 Å². The van der Waals surface area contributed by atoms with Gasteiger partial charge in [-0.15, -0.1) is 0 Å². The molecule has 4 aromatic rings. The number of pyridine rings is 1. The van der Waals surface area contributed by atoms with E-state index >= 15 is 0 Å². The number of halogens is 3. The van der Waals surface area contributed by atoms with Crippen molar-refractivity contribution in [1.29, 1.82) is 0 Å². The Labute approximate surface area is 199 Å². The number of nitrogens with one attached hydrogen (secondary N) is 1. The fourth-order valence-corrected chi connectivity index (χ4v) is 4.50. The number of aromatic nitrogens is 1. The third kappa shape index (κ3) is 3.75. The highest BCUT2D eigenvalue weighted by molar-refractivity contribution is 7.80. The van der Waals surface area contributed by atoms with Gasteiger partial charge in [0.2, 0.25) is 0 Å². The molecule has 1 N–H and O–H groups in total. The minimum atomic E-state index is -0.453. The van der Waals surface area contributed by atoms with Gasteiger partial charge in [-0.3, -0.25) is 4.98 Å². The number of hydrogen-bond donors (Lipinski definition) is 1. The normalized spacial score (nSPS) is 18.1. The van der Waals surface area contributed by atoms with Gasteiger partial charge in [0.25, 0.3) is 0 Å². The molecule has 32 heavy (non-hydrogen) atoms. The number of anilines is 1. The number of benzene rings is 2. The molecule has 0 amide bonds. The molecule has 1 fully saturated rings. The van der Waals surface area contributed by atoms with Gasteiger partial charge in [0, 0.05) is 11.8 Å². The summed E-state index contributed by atoms with van der Waals surface area (Å²) in [5.41, 5.74) is 1.91. The van der Waals surface area contributed by atoms with Crippen LogP contribution in [0.15, 0.2) is 83.4 Å². The maximum atomic E-state index is 14.8. The van der Waals surface area contributed by atoms with E-state index in [2.05, 4.69) is 10.3 Å². The van der Waals surface area contributed by atoms with E-state index in [9.17, 15) is 4.39 Å². The molecule has 1 aliphatic heterocycles. The van der Waals surface area contributed by atoms with E-state index < -0.39 is 6.04 Å². The standard InChI is InChI=1S/C24H16Cl2FN3OS/c25-15-9-8-14(13-16(15)26)20-10-11-21(31-20)23-22(18-6-3-4-12-28-18)29-24(32)30(23)19-7-2-1-5-17(19)27/h1-13,22-23H,(H,29,32). The third-order valence-electron chi connectivity index (χ3n) is 5.33. The van der Waals surface area contributed by atoms with Gasteiger partial charge in [-0.05, 0) is 66.8 Å². The van der Waals surface area contributed by atoms with Gasteiger partial charge < -0.3 is 14.6 Å². The lowest BCUT2D eigenvalue weighted by atomic mass is 10.0. The Balaban J connectivity index is 1.61. The van der Waals surface area contributed by atoms with Crippen LogP contribution in [0.1, 0.15) is 23.5 Å². The van der Waals surface area contributed by atoms with Crippen molar-refractivity contribution in [3.05, 3.63) is 106 Å². The molecule has 1 aliphatic rings. The highest BCUT2D eigenvalue weighted by atomic mass is 35.5. The Morgan fingerprint density at radius 3 is 2.53 bits per heavy atom. The molecule has 4 nitrogen and oxygen atoms in total. The molecule has 2 aromatic carbocycles. The van der Waals surface area contributed by atoms with Crippen molar-refractivity contribution in [3.63, 3.8) is 0 Å². The SMILES string of the molecule is Fc1ccccc1N1C(=S)NC(c2ccccn2)C1c1ccc(-c2ccc(Cl)c(Cl)c2)o1. The predicted molar refractivity (Wildman–Crippen MR) is 128 cm³/mol. The highest BCUT2D eigenvalue weighted by Crippen LogP contribution is 2.43. The molecule has 3 heterocycles. The molecule has 2 aromatic heterocycles. The average molecular weight is 484 g/mol. The van der Waals surface area contributed by atoms with Crippen LogP contribution in [0, 0.1) is 5.82 Å². The van der Waals surface area contributed by atoms with Gasteiger partial charge in [0.05, 0.1) is 27.5 Å². The van der Waals surface area contributed by atoms with Gasteiger partial charge in [-0.1, -0.05) is 41.4 Å². The second kappa shape index (κ2) is 8.54. The Morgan fingerprint density at radius 1 is 0.969 bits per heavy atom. The maximum absolute atomic E-state index is 14.8. The summed E-state index contributed by atoms with van der Waals surface area (Å²) in [5.74, 6) is 0.849. The lowest BCUT2D eigenvalue weighted by molar-refractivity contribution is 0.438. The van der Waals surface area contributed by atoms with E-state index in [0.29, 0.717) is 32.4 Å². The van der Waals surface area contributed by atoms with Crippen molar-refractivity contribution in [3.8, 4) is 11.3 Å². The molecule has 160 valence electrons. The fourth-order valence-electron chi connectivity index (χ4n) is 3.87. The summed E-state index contributed by atoms with van der Waals surface area (Å²) in [6.07, 6.45) is 1.71. The summed E-state index contributed by atoms with van der Waals surface area (Å²) in [4.78, 5) is 6.23. The molecule has 0 aliphatic carbocycles. The first-order chi connectivity index (χ1) is 15.5. The van der Waals surface area contributed by atoms with Crippen molar-refractivity contribution in [2.75, 3.05) is 4.90 Å². The number of hydrogen-bond acceptors (Lipinski definition) is 3. The average Bonchev–Trinajstić information content (AvgIpc) is 3.41. The van der Waals surface area contributed by atoms with Crippen molar-refractivity contribution >= 4 is 46.2 Å². The van der Waals surface area contributed by atoms with E-state index in [1.54, 1.807) is 41.4 Å². The van der Waals surface area contributed by atoms with E-state index in [1.165, 1.54) is 6.07 Å². The van der Waals surface area contributed by atoms with Crippen molar-refractivity contribution in [2.45, 2.75) is 12.1 Å². The monoisotopic (exact) mass is 483 g/mol. The van der Waals surface area contributed by atoms with Gasteiger partial charge in [0.15, 0.2) is 5.11 Å². The number of para-hydroxylation sites is 1. The van der Waals surface area contributed by atoms with Crippen LogP contribution in [0.5, 0.6) is 0 Å². The first kappa shape index (κ1) is 20.9. The molecule has 0 bridgehead atoms. The zero-order valence-corrected chi connectivity index (χ0v) is 18.8. The van der Waals surface area contributed by atoms with E-state index in [-0.39, 0.29) is 11.9 Å². The largest absolute Gasteiger partial charge is 0.459 e. The smallest absolute Gasteiger partial charge is 0.174 e. The number of thiocarbonyl (C=S) groups is 1. The summed E-state index contributed by atoms with van der Waals surface area (Å²) in [7, 11) is 0. The molecule has 1 saturated heterocycles. The Hall–Kier alpha value is -2.93. The van der Waals surface area contributed by atoms with Gasteiger partial charge in [-0.2, -0.15) is 0 Å². The van der Waals surface area contributed by atoms with Gasteiger partial charge >= 0.3 is 0 Å². The second-order valence-electron chi connectivity index (χ2n) is 7.28. The second-order valence-corrected chi connectivity index (χ2v) is 8.48. The molecule has 0 saturated carbocycles. The molecule has 2 atom stereocenters. The Bertz CT molecular complexity index is 1300. The zero-order valence-electron chi connectivity index (χ0n) is 16.5. The lowest BCUT2D eigenvalue weighted by Gasteiger charge is -2.26. The quantitative estimate of drug-likeness (QED) is 0.317. The minimum Gasteiger partial charge on any atom is -0.459 e. The van der Waals surface area contributed by atoms with Crippen LogP contribution in [0.4, 0.5) is 10.1 Å². The first-order valence-electron chi connectivity index (χ1n) is 9.83. The van der Waals surface area contributed by atoms with E-state index in [0.717, 1.165) is 11.3 Å². The van der Waals surface area contributed by atoms with Crippen LogP contribution in [0.3, 0.4) is 0 Å². The topological polar surface area (TPSA) is 41.3 Å². The lowest BCUT2D eigenvalue weighted by Crippen LogP contribution is -2.30. The fraction of sp³-hybridized carbons (Fsp3) is 0.0833. The number of furan rings is 1. The first-order valence-corrected chi connectivity index (χ1v) is 11.0. The maximum Gasteiger partial charge on any atom is 0.174 e. The van der Waals surface area contributed by atoms with Crippen LogP contribution in [-0.4, -0.2) is 10.1 Å². The molecular weight excluding hydrogens is 468 g/mol. The van der Waals surface area contributed by atoms with Crippen molar-refractivity contribution in [1.82, 2.24) is 10.3 Å². The predicted octanol–water partition coefficient (Wildman–Crippen LogP) is 6.96. The molecule has 5 rings (SSSR count). The summed E-state index contributed by atoms with van der Waals surface area (Å²) < 4.78 is 21.0. The third-order valence-corrected chi connectivity index (χ3v) is 6.39. The summed E-state index contributed by atoms with van der Waals surface area (Å²) in [6, 6.07) is 20.4. The Morgan fingerprint density at radius 2 is 1.78 bits per heavy atom. The van der Waals surface area contributed by atoms with E-state index in [4.69, 9.17) is 39.8 Å². The molecule has 0 radical (unpaired) electrons. The van der Waals surface area contributed by atoms with Crippen LogP contribution < -0.4 is 10.2 Å². The molecular formula is C24H16Cl2FN3OS. The molecule has 2 unspecified atom stereocenters. The summed E-state index contributed by atoms with van der Waals surface area (Å²) in [6.45, 7) is 0. The van der Waals surface area contributed by atoms with Gasteiger partial charge in [0.1, 0.15) is 23.4 Å². The highest BCUT2D eigenvalue weighted by Gasteiger charge is 2.43. The van der Waals surface area contributed by atoms with Crippen LogP contribution in [0.2, 0.25) is 10.0 Å². The van der Waals surface area contributed by atoms with Crippen LogP contribution >= 0.6 is 35.4 Å². The zero-order chi connectivity index (χ0) is 22.2. The number of nitrogens with zero attached hydrogens (tertiary/aromatic N) is 2. The van der Waals surface area contributed by atoms with E-state index in [1.807, 2.05) is 36.4 Å². The number of rotatable bonds is 4. The summed E-state index contributed by atoms with van der Waals surface area (Å²) in [5, 5.41) is 4.58. The van der Waals surface area contributed by atoms with Crippen LogP contribution in [-0.2, 0) is 0 Å². The van der Waals surface area contributed by atoms with Crippen molar-refractivity contribution < 1.29 is 8.81 Å². The van der Waals surface area contributed by atoms with Crippen molar-refractivity contribution in [2.24, 2.45) is 0 Å². The minimum absolute atomic E-state index is 0.337.